The zero-order chi connectivity index (χ0) is 20.5. The predicted molar refractivity (Wildman–Crippen MR) is 114 cm³/mol. The first kappa shape index (κ1) is 19.4. The van der Waals surface area contributed by atoms with E-state index in [-0.39, 0.29) is 0 Å². The summed E-state index contributed by atoms with van der Waals surface area (Å²) >= 11 is 12.1. The molecule has 1 amide bonds. The SMILES string of the molecule is NC(=O)COC(=O)c1c2c(nc3ccccc13)/C(=C\c1ccc(Cl)c(Cl)c1)CC2. The van der Waals surface area contributed by atoms with Gasteiger partial charge in [-0.3, -0.25) is 4.79 Å². The summed E-state index contributed by atoms with van der Waals surface area (Å²) in [6.07, 6.45) is 3.35. The molecule has 0 saturated carbocycles. The molecule has 0 radical (unpaired) electrons. The van der Waals surface area contributed by atoms with E-state index in [1.165, 1.54) is 0 Å². The number of rotatable bonds is 4. The number of benzene rings is 2. The molecule has 0 atom stereocenters. The Morgan fingerprint density at radius 3 is 2.66 bits per heavy atom. The van der Waals surface area contributed by atoms with Crippen molar-refractivity contribution in [1.29, 1.82) is 0 Å². The minimum absolute atomic E-state index is 0.435. The highest BCUT2D eigenvalue weighted by Gasteiger charge is 2.27. The third-order valence-corrected chi connectivity index (χ3v) is 5.51. The lowest BCUT2D eigenvalue weighted by Crippen LogP contribution is -2.21. The zero-order valence-corrected chi connectivity index (χ0v) is 16.8. The fraction of sp³-hybridized carbons (Fsp3) is 0.136. The second-order valence-corrected chi connectivity index (χ2v) is 7.53. The average Bonchev–Trinajstić information content (AvgIpc) is 3.09. The van der Waals surface area contributed by atoms with Gasteiger partial charge in [-0.15, -0.1) is 0 Å². The Kier molecular flexibility index (Phi) is 5.26. The van der Waals surface area contributed by atoms with Crippen LogP contribution in [0.4, 0.5) is 0 Å². The van der Waals surface area contributed by atoms with Gasteiger partial charge in [-0.05, 0) is 53.8 Å². The van der Waals surface area contributed by atoms with Crippen LogP contribution in [-0.2, 0) is 16.0 Å². The van der Waals surface area contributed by atoms with E-state index >= 15 is 0 Å². The third-order valence-electron chi connectivity index (χ3n) is 4.78. The molecule has 0 saturated heterocycles. The molecule has 2 N–H and O–H groups in total. The molecule has 7 heteroatoms. The number of carbonyl (C=O) groups excluding carboxylic acids is 2. The second-order valence-electron chi connectivity index (χ2n) is 6.72. The molecule has 5 nitrogen and oxygen atoms in total. The average molecular weight is 427 g/mol. The Balaban J connectivity index is 1.84. The molecule has 0 unspecified atom stereocenters. The number of para-hydroxylation sites is 1. The Morgan fingerprint density at radius 2 is 1.90 bits per heavy atom. The van der Waals surface area contributed by atoms with Crippen LogP contribution in [0.3, 0.4) is 0 Å². The monoisotopic (exact) mass is 426 g/mol. The minimum Gasteiger partial charge on any atom is -0.452 e. The zero-order valence-electron chi connectivity index (χ0n) is 15.2. The molecule has 0 spiro atoms. The van der Waals surface area contributed by atoms with E-state index < -0.39 is 18.5 Å². The van der Waals surface area contributed by atoms with Crippen LogP contribution in [0, 0.1) is 0 Å². The summed E-state index contributed by atoms with van der Waals surface area (Å²) in [4.78, 5) is 28.6. The predicted octanol–water partition coefficient (Wildman–Crippen LogP) is 4.67. The number of hydrogen-bond donors (Lipinski definition) is 1. The van der Waals surface area contributed by atoms with Crippen LogP contribution < -0.4 is 5.73 Å². The van der Waals surface area contributed by atoms with Gasteiger partial charge in [0, 0.05) is 5.39 Å². The lowest BCUT2D eigenvalue weighted by Gasteiger charge is -2.12. The van der Waals surface area contributed by atoms with E-state index in [4.69, 9.17) is 38.7 Å². The second kappa shape index (κ2) is 7.85. The highest BCUT2D eigenvalue weighted by molar-refractivity contribution is 6.42. The normalized spacial score (nSPS) is 14.2. The van der Waals surface area contributed by atoms with E-state index in [1.54, 1.807) is 12.1 Å². The van der Waals surface area contributed by atoms with E-state index in [2.05, 4.69) is 0 Å². The molecule has 2 aromatic carbocycles. The Morgan fingerprint density at radius 1 is 1.10 bits per heavy atom. The number of nitrogens with two attached hydrogens (primary N) is 1. The maximum atomic E-state index is 12.8. The van der Waals surface area contributed by atoms with Gasteiger partial charge in [0.2, 0.25) is 0 Å². The van der Waals surface area contributed by atoms with Crippen LogP contribution in [0.15, 0.2) is 42.5 Å². The number of primary amides is 1. The lowest BCUT2D eigenvalue weighted by atomic mass is 10.0. The summed E-state index contributed by atoms with van der Waals surface area (Å²) in [5.41, 5.74) is 9.68. The Labute approximate surface area is 177 Å². The van der Waals surface area contributed by atoms with Crippen LogP contribution in [0.25, 0.3) is 22.6 Å². The molecule has 1 heterocycles. The van der Waals surface area contributed by atoms with Gasteiger partial charge >= 0.3 is 5.97 Å². The highest BCUT2D eigenvalue weighted by atomic mass is 35.5. The van der Waals surface area contributed by atoms with Gasteiger partial charge in [0.15, 0.2) is 6.61 Å². The quantitative estimate of drug-likeness (QED) is 0.614. The fourth-order valence-electron chi connectivity index (χ4n) is 3.52. The third kappa shape index (κ3) is 3.84. The number of carbonyl (C=O) groups is 2. The van der Waals surface area contributed by atoms with E-state index in [0.717, 1.165) is 28.8 Å². The van der Waals surface area contributed by atoms with Crippen LogP contribution in [0.5, 0.6) is 0 Å². The van der Waals surface area contributed by atoms with Crippen LogP contribution in [-0.4, -0.2) is 23.5 Å². The van der Waals surface area contributed by atoms with Crippen molar-refractivity contribution in [3.05, 3.63) is 74.9 Å². The van der Waals surface area contributed by atoms with Gasteiger partial charge in [0.05, 0.1) is 26.8 Å². The van der Waals surface area contributed by atoms with Crippen LogP contribution in [0.1, 0.15) is 33.6 Å². The number of nitrogens with zero attached hydrogens (tertiary/aromatic N) is 1. The molecular formula is C22H16Cl2N2O3. The van der Waals surface area contributed by atoms with Crippen molar-refractivity contribution in [3.63, 3.8) is 0 Å². The van der Waals surface area contributed by atoms with Gasteiger partial charge in [-0.25, -0.2) is 9.78 Å². The number of allylic oxidation sites excluding steroid dienone is 1. The lowest BCUT2D eigenvalue weighted by molar-refractivity contribution is -0.121. The van der Waals surface area contributed by atoms with Gasteiger partial charge in [-0.1, -0.05) is 47.5 Å². The van der Waals surface area contributed by atoms with E-state index in [9.17, 15) is 9.59 Å². The molecule has 4 rings (SSSR count). The maximum Gasteiger partial charge on any atom is 0.339 e. The number of aromatic nitrogens is 1. The van der Waals surface area contributed by atoms with Gasteiger partial charge in [-0.2, -0.15) is 0 Å². The fourth-order valence-corrected chi connectivity index (χ4v) is 3.83. The van der Waals surface area contributed by atoms with Crippen LogP contribution >= 0.6 is 23.2 Å². The summed E-state index contributed by atoms with van der Waals surface area (Å²) < 4.78 is 5.11. The number of amides is 1. The largest absolute Gasteiger partial charge is 0.452 e. The van der Waals surface area contributed by atoms with Gasteiger partial charge < -0.3 is 10.5 Å². The molecule has 0 fully saturated rings. The van der Waals surface area contributed by atoms with Gasteiger partial charge in [0.25, 0.3) is 5.91 Å². The van der Waals surface area contributed by atoms with Crippen molar-refractivity contribution < 1.29 is 14.3 Å². The van der Waals surface area contributed by atoms with Crippen molar-refractivity contribution in [3.8, 4) is 0 Å². The number of hydrogen-bond acceptors (Lipinski definition) is 4. The summed E-state index contributed by atoms with van der Waals surface area (Å²) in [6.45, 7) is -0.462. The van der Waals surface area contributed by atoms with E-state index in [0.29, 0.717) is 32.9 Å². The van der Waals surface area contributed by atoms with Crippen molar-refractivity contribution in [2.45, 2.75) is 12.8 Å². The first-order chi connectivity index (χ1) is 13.9. The topological polar surface area (TPSA) is 82.3 Å². The number of esters is 1. The summed E-state index contributed by atoms with van der Waals surface area (Å²) in [5.74, 6) is -1.28. The first-order valence-electron chi connectivity index (χ1n) is 8.97. The van der Waals surface area contributed by atoms with Crippen LogP contribution in [0.2, 0.25) is 10.0 Å². The Bertz CT molecular complexity index is 1190. The molecule has 3 aromatic rings. The van der Waals surface area contributed by atoms with Crippen molar-refractivity contribution in [2.75, 3.05) is 6.61 Å². The smallest absolute Gasteiger partial charge is 0.339 e. The molecule has 1 aliphatic rings. The molecule has 1 aromatic heterocycles. The minimum atomic E-state index is -0.700. The molecular weight excluding hydrogens is 411 g/mol. The van der Waals surface area contributed by atoms with Crippen molar-refractivity contribution in [1.82, 2.24) is 4.98 Å². The summed E-state index contributed by atoms with van der Waals surface area (Å²) in [6, 6.07) is 12.8. The summed E-state index contributed by atoms with van der Waals surface area (Å²) in [5, 5.41) is 1.65. The van der Waals surface area contributed by atoms with E-state index in [1.807, 2.05) is 36.4 Å². The summed E-state index contributed by atoms with van der Waals surface area (Å²) in [7, 11) is 0. The van der Waals surface area contributed by atoms with Crippen molar-refractivity contribution in [2.24, 2.45) is 5.73 Å². The molecule has 29 heavy (non-hydrogen) atoms. The standard InChI is InChI=1S/C22H16Cl2N2O3/c23-16-8-5-12(10-17(16)24)9-13-6-7-15-20(22(28)29-11-19(25)27)14-3-1-2-4-18(14)26-21(13)15/h1-5,8-10H,6-7,11H2,(H2,25,27)/b13-9-. The Hall–Kier alpha value is -2.89. The molecule has 0 aliphatic heterocycles. The molecule has 0 bridgehead atoms. The maximum absolute atomic E-state index is 12.8. The van der Waals surface area contributed by atoms with Crippen molar-refractivity contribution >= 4 is 57.6 Å². The first-order valence-corrected chi connectivity index (χ1v) is 9.72. The number of halogens is 2. The van der Waals surface area contributed by atoms with Gasteiger partial charge in [0.1, 0.15) is 0 Å². The number of ether oxygens (including phenoxy) is 1. The number of fused-ring (bicyclic) bond motifs is 2. The molecule has 1 aliphatic carbocycles. The molecule has 146 valence electrons. The highest BCUT2D eigenvalue weighted by Crippen LogP contribution is 2.38. The number of pyridine rings is 1.